The molecule has 2 aromatic rings. The van der Waals surface area contributed by atoms with Crippen LogP contribution in [-0.2, 0) is 14.6 Å². The van der Waals surface area contributed by atoms with E-state index < -0.39 is 38.4 Å². The van der Waals surface area contributed by atoms with E-state index in [1.165, 1.54) is 12.1 Å². The maximum absolute atomic E-state index is 13.4. The Balaban J connectivity index is 1.61. The number of Topliss-reactive ketones (excluding diaryl/α,β-unsaturated/α-hetero) is 1. The lowest BCUT2D eigenvalue weighted by molar-refractivity contribution is -0.125. The van der Waals surface area contributed by atoms with Gasteiger partial charge in [0.2, 0.25) is 0 Å². The quantitative estimate of drug-likeness (QED) is 0.664. The molecule has 164 valence electrons. The smallest absolute Gasteiger partial charge is 0.255 e. The molecular formula is C21H17ClF3NO4S. The van der Waals surface area contributed by atoms with E-state index in [-0.39, 0.29) is 51.6 Å². The average Bonchev–Trinajstić information content (AvgIpc) is 2.91. The number of ketones is 1. The summed E-state index contributed by atoms with van der Waals surface area (Å²) in [6.07, 6.45) is 1.80. The number of amides is 1. The van der Waals surface area contributed by atoms with Crippen LogP contribution in [0.25, 0.3) is 0 Å². The third kappa shape index (κ3) is 3.96. The van der Waals surface area contributed by atoms with Gasteiger partial charge in [0, 0.05) is 35.2 Å². The molecule has 2 aromatic carbocycles. The van der Waals surface area contributed by atoms with Gasteiger partial charge in [-0.15, -0.1) is 0 Å². The highest BCUT2D eigenvalue weighted by molar-refractivity contribution is 7.92. The van der Waals surface area contributed by atoms with E-state index in [2.05, 4.69) is 5.32 Å². The van der Waals surface area contributed by atoms with Gasteiger partial charge in [-0.1, -0.05) is 11.6 Å². The Morgan fingerprint density at radius 3 is 2.16 bits per heavy atom. The van der Waals surface area contributed by atoms with Crippen LogP contribution in [0, 0.1) is 29.3 Å². The molecule has 5 nitrogen and oxygen atoms in total. The summed E-state index contributed by atoms with van der Waals surface area (Å²) in [4.78, 5) is 24.4. The molecule has 2 saturated carbocycles. The van der Waals surface area contributed by atoms with Crippen molar-refractivity contribution in [2.24, 2.45) is 11.8 Å². The van der Waals surface area contributed by atoms with E-state index >= 15 is 0 Å². The average molecular weight is 472 g/mol. The van der Waals surface area contributed by atoms with Crippen molar-refractivity contribution in [3.8, 4) is 0 Å². The zero-order valence-electron chi connectivity index (χ0n) is 16.0. The van der Waals surface area contributed by atoms with Crippen LogP contribution >= 0.6 is 11.6 Å². The number of fused-ring (bicyclic) bond motifs is 2. The van der Waals surface area contributed by atoms with E-state index in [1.54, 1.807) is 0 Å². The lowest BCUT2D eigenvalue weighted by atomic mass is 9.87. The van der Waals surface area contributed by atoms with Crippen LogP contribution in [0.5, 0.6) is 0 Å². The zero-order chi connectivity index (χ0) is 22.5. The highest BCUT2D eigenvalue weighted by Crippen LogP contribution is 2.43. The van der Waals surface area contributed by atoms with Crippen molar-refractivity contribution in [2.75, 3.05) is 5.32 Å². The molecule has 10 heteroatoms. The first kappa shape index (κ1) is 21.8. The monoisotopic (exact) mass is 471 g/mol. The van der Waals surface area contributed by atoms with Crippen molar-refractivity contribution in [2.45, 2.75) is 35.8 Å². The maximum Gasteiger partial charge on any atom is 0.255 e. The first-order valence-electron chi connectivity index (χ1n) is 9.61. The second kappa shape index (κ2) is 7.94. The van der Waals surface area contributed by atoms with E-state index in [4.69, 9.17) is 11.6 Å². The number of halogens is 4. The standard InChI is InChI=1S/C21H17ClF3NO4S/c22-15-4-3-12(21(28)26-13-8-16(23)19(25)17(24)9-13)7-18(15)31(29,30)14-5-10-1-2-11(6-14)20(10)27/h3-4,7-11,14H,1-2,5-6H2,(H,26,28). The van der Waals surface area contributed by atoms with Crippen LogP contribution in [0.15, 0.2) is 35.2 Å². The molecule has 1 amide bonds. The van der Waals surface area contributed by atoms with E-state index in [0.717, 1.165) is 6.07 Å². The second-order valence-corrected chi connectivity index (χ2v) is 10.5. The van der Waals surface area contributed by atoms with Gasteiger partial charge in [-0.25, -0.2) is 21.6 Å². The minimum absolute atomic E-state index is 0.0698. The summed E-state index contributed by atoms with van der Waals surface area (Å²) < 4.78 is 66.3. The Bertz CT molecular complexity index is 1160. The molecule has 0 radical (unpaired) electrons. The van der Waals surface area contributed by atoms with Crippen molar-refractivity contribution in [3.05, 3.63) is 58.4 Å². The molecule has 31 heavy (non-hydrogen) atoms. The molecule has 0 spiro atoms. The Morgan fingerprint density at radius 2 is 1.58 bits per heavy atom. The summed E-state index contributed by atoms with van der Waals surface area (Å²) in [7, 11) is -3.92. The van der Waals surface area contributed by atoms with Crippen LogP contribution < -0.4 is 5.32 Å². The normalized spacial score (nSPS) is 23.1. The Morgan fingerprint density at radius 1 is 1.00 bits per heavy atom. The van der Waals surface area contributed by atoms with Crippen LogP contribution in [0.4, 0.5) is 18.9 Å². The first-order chi connectivity index (χ1) is 14.6. The number of carbonyl (C=O) groups is 2. The molecule has 1 N–H and O–H groups in total. The zero-order valence-corrected chi connectivity index (χ0v) is 17.6. The minimum atomic E-state index is -3.92. The van der Waals surface area contributed by atoms with Crippen molar-refractivity contribution < 1.29 is 31.2 Å². The summed E-state index contributed by atoms with van der Waals surface area (Å²) in [6, 6.07) is 4.83. The highest BCUT2D eigenvalue weighted by Gasteiger charge is 2.46. The Labute approximate surface area is 181 Å². The van der Waals surface area contributed by atoms with E-state index in [1.807, 2.05) is 0 Å². The van der Waals surface area contributed by atoms with Crippen LogP contribution in [0.3, 0.4) is 0 Å². The maximum atomic E-state index is 13.4. The van der Waals surface area contributed by atoms with Gasteiger partial charge in [0.15, 0.2) is 27.3 Å². The summed E-state index contributed by atoms with van der Waals surface area (Å²) in [6.45, 7) is 0. The van der Waals surface area contributed by atoms with Gasteiger partial charge in [0.05, 0.1) is 15.2 Å². The molecule has 2 bridgehead atoms. The molecule has 2 aliphatic rings. The molecule has 2 atom stereocenters. The number of nitrogens with one attached hydrogen (secondary N) is 1. The summed E-state index contributed by atoms with van der Waals surface area (Å²) in [5.41, 5.74) is -0.439. The van der Waals surface area contributed by atoms with Gasteiger partial charge in [-0.2, -0.15) is 0 Å². The Hall–Kier alpha value is -2.39. The molecule has 2 unspecified atom stereocenters. The lowest BCUT2D eigenvalue weighted by Gasteiger charge is -2.27. The van der Waals surface area contributed by atoms with E-state index in [9.17, 15) is 31.2 Å². The van der Waals surface area contributed by atoms with Crippen LogP contribution in [0.1, 0.15) is 36.0 Å². The van der Waals surface area contributed by atoms with Crippen molar-refractivity contribution in [1.82, 2.24) is 0 Å². The van der Waals surface area contributed by atoms with Crippen LogP contribution in [-0.4, -0.2) is 25.4 Å². The van der Waals surface area contributed by atoms with Crippen molar-refractivity contribution in [1.29, 1.82) is 0 Å². The van der Waals surface area contributed by atoms with Gasteiger partial charge in [-0.3, -0.25) is 9.59 Å². The number of rotatable bonds is 4. The van der Waals surface area contributed by atoms with Gasteiger partial charge >= 0.3 is 0 Å². The fourth-order valence-electron chi connectivity index (χ4n) is 4.35. The third-order valence-corrected chi connectivity index (χ3v) is 8.60. The summed E-state index contributed by atoms with van der Waals surface area (Å²) >= 11 is 6.12. The number of hydrogen-bond donors (Lipinski definition) is 1. The number of hydrogen-bond acceptors (Lipinski definition) is 4. The van der Waals surface area contributed by atoms with Gasteiger partial charge in [0.1, 0.15) is 5.78 Å². The number of carbonyl (C=O) groups excluding carboxylic acids is 2. The molecule has 0 heterocycles. The summed E-state index contributed by atoms with van der Waals surface area (Å²) in [5, 5.41) is 1.36. The number of anilines is 1. The molecule has 0 aliphatic heterocycles. The van der Waals surface area contributed by atoms with Crippen LogP contribution in [0.2, 0.25) is 5.02 Å². The molecule has 0 aromatic heterocycles. The highest BCUT2D eigenvalue weighted by atomic mass is 35.5. The molecule has 2 aliphatic carbocycles. The third-order valence-electron chi connectivity index (χ3n) is 5.94. The van der Waals surface area contributed by atoms with Gasteiger partial charge in [-0.05, 0) is 43.9 Å². The largest absolute Gasteiger partial charge is 0.322 e. The fraction of sp³-hybridized carbons (Fsp3) is 0.333. The summed E-state index contributed by atoms with van der Waals surface area (Å²) in [5.74, 6) is -5.90. The Kier molecular flexibility index (Phi) is 5.59. The lowest BCUT2D eigenvalue weighted by Crippen LogP contribution is -2.34. The van der Waals surface area contributed by atoms with Crippen molar-refractivity contribution in [3.63, 3.8) is 0 Å². The molecule has 4 rings (SSSR count). The van der Waals surface area contributed by atoms with E-state index in [0.29, 0.717) is 25.0 Å². The molecule has 0 saturated heterocycles. The number of benzene rings is 2. The first-order valence-corrected chi connectivity index (χ1v) is 11.5. The predicted octanol–water partition coefficient (Wildman–Crippen LogP) is 4.54. The minimum Gasteiger partial charge on any atom is -0.322 e. The van der Waals surface area contributed by atoms with Crippen molar-refractivity contribution >= 4 is 38.8 Å². The molecule has 2 fully saturated rings. The molecular weight excluding hydrogens is 455 g/mol. The predicted molar refractivity (Wildman–Crippen MR) is 107 cm³/mol. The van der Waals surface area contributed by atoms with Gasteiger partial charge in [0.25, 0.3) is 5.91 Å². The second-order valence-electron chi connectivity index (χ2n) is 7.87. The van der Waals surface area contributed by atoms with Gasteiger partial charge < -0.3 is 5.32 Å². The number of sulfone groups is 1. The topological polar surface area (TPSA) is 80.3 Å². The fourth-order valence-corrected chi connectivity index (χ4v) is 6.75. The SMILES string of the molecule is O=C(Nc1cc(F)c(F)c(F)c1)c1ccc(Cl)c(S(=O)(=O)C2CC3CCC(C2)C3=O)c1.